The van der Waals surface area contributed by atoms with Crippen molar-refractivity contribution in [1.82, 2.24) is 19.6 Å². The zero-order valence-electron chi connectivity index (χ0n) is 33.7. The summed E-state index contributed by atoms with van der Waals surface area (Å²) in [4.78, 5) is 37.3. The Balaban J connectivity index is 0.00000529. The van der Waals surface area contributed by atoms with E-state index in [1.165, 1.54) is 47.9 Å². The molecule has 320 valence electrons. The first kappa shape index (κ1) is 40.9. The Morgan fingerprint density at radius 2 is 1.84 bits per heavy atom. The standard InChI is InChI=1S/C45H48ClN7O7S.H2/c46-34-7-5-31(6-8-34)38-4-2-1-3-33(38)26-51-27-45(28-51)16-18-52(29-45)35-9-11-39(42(22-35)60-36-21-32-13-17-47-43(32)49-25-36)44(54)50-61(57,58)37-10-12-40(41(23-37)53(55)56)48-24-30-14-19-59-20-15-30;/h5-13,17,21-23,25,30,48H,1-4,14-16,18-20,24,26-29H2,(H,47,49)(H,50,54);1H. The molecule has 1 spiro atoms. The number of carbonyl (C=O) groups is 1. The average molecular weight is 868 g/mol. The fourth-order valence-corrected chi connectivity index (χ4v) is 10.5. The van der Waals surface area contributed by atoms with Gasteiger partial charge in [-0.25, -0.2) is 18.1 Å². The van der Waals surface area contributed by atoms with Crippen molar-refractivity contribution in [3.8, 4) is 11.5 Å². The van der Waals surface area contributed by atoms with E-state index < -0.39 is 31.4 Å². The van der Waals surface area contributed by atoms with Gasteiger partial charge in [-0.1, -0.05) is 29.3 Å². The number of nitrogens with zero attached hydrogens (tertiary/aromatic N) is 4. The van der Waals surface area contributed by atoms with Gasteiger partial charge in [0.05, 0.1) is 21.6 Å². The van der Waals surface area contributed by atoms with Crippen LogP contribution in [0.5, 0.6) is 11.5 Å². The average Bonchev–Trinajstić information content (AvgIpc) is 3.92. The SMILES string of the molecule is O=C(NS(=O)(=O)c1ccc(NCC2CCOCC2)c([N+](=O)[O-])c1)c1ccc(N2CCC3(CN(CC4=C(c5ccc(Cl)cc5)CCCC4)C3)C2)cc1Oc1cnc2[nH]ccc2c1.[HH]. The zero-order chi connectivity index (χ0) is 42.1. The molecule has 0 bridgehead atoms. The van der Waals surface area contributed by atoms with E-state index in [0.717, 1.165) is 87.0 Å². The molecule has 9 rings (SSSR count). The van der Waals surface area contributed by atoms with E-state index in [4.69, 9.17) is 21.1 Å². The summed E-state index contributed by atoms with van der Waals surface area (Å²) in [5.41, 5.74) is 5.68. The number of hydrogen-bond donors (Lipinski definition) is 3. The van der Waals surface area contributed by atoms with Crippen LogP contribution < -0.4 is 19.7 Å². The van der Waals surface area contributed by atoms with Gasteiger partial charge in [0.15, 0.2) is 0 Å². The molecule has 61 heavy (non-hydrogen) atoms. The normalized spacial score (nSPS) is 18.3. The van der Waals surface area contributed by atoms with Crippen molar-refractivity contribution in [2.75, 3.05) is 62.7 Å². The molecule has 5 heterocycles. The second kappa shape index (κ2) is 17.1. The Kier molecular flexibility index (Phi) is 11.5. The number of aromatic amines is 1. The molecule has 3 saturated heterocycles. The van der Waals surface area contributed by atoms with E-state index in [1.807, 2.05) is 24.3 Å². The molecule has 0 unspecified atom stereocenters. The number of anilines is 2. The molecular weight excluding hydrogens is 818 g/mol. The van der Waals surface area contributed by atoms with E-state index in [2.05, 4.69) is 41.9 Å². The van der Waals surface area contributed by atoms with Crippen LogP contribution in [0.25, 0.3) is 16.6 Å². The number of pyridine rings is 1. The van der Waals surface area contributed by atoms with Crippen molar-refractivity contribution in [3.05, 3.63) is 117 Å². The third kappa shape index (κ3) is 8.96. The minimum atomic E-state index is -4.54. The van der Waals surface area contributed by atoms with E-state index >= 15 is 0 Å². The molecule has 3 aliphatic heterocycles. The first-order valence-corrected chi connectivity index (χ1v) is 22.7. The van der Waals surface area contributed by atoms with E-state index in [0.29, 0.717) is 31.2 Å². The number of nitro groups is 1. The van der Waals surface area contributed by atoms with Gasteiger partial charge in [0, 0.05) is 93.7 Å². The lowest BCUT2D eigenvalue weighted by atomic mass is 9.78. The van der Waals surface area contributed by atoms with Crippen LogP contribution in [0.1, 0.15) is 62.3 Å². The van der Waals surface area contributed by atoms with Crippen LogP contribution in [0.15, 0.2) is 95.7 Å². The van der Waals surface area contributed by atoms with Gasteiger partial charge in [0.25, 0.3) is 21.6 Å². The minimum absolute atomic E-state index is 0. The van der Waals surface area contributed by atoms with Gasteiger partial charge in [-0.05, 0) is 111 Å². The maximum atomic E-state index is 13.9. The van der Waals surface area contributed by atoms with Crippen LogP contribution in [0.3, 0.4) is 0 Å². The van der Waals surface area contributed by atoms with Crippen LogP contribution in [-0.2, 0) is 14.8 Å². The van der Waals surface area contributed by atoms with Crippen LogP contribution in [-0.4, -0.2) is 86.6 Å². The molecule has 3 N–H and O–H groups in total. The molecule has 3 aromatic carbocycles. The molecule has 3 fully saturated rings. The second-order valence-corrected chi connectivity index (χ2v) is 18.9. The highest BCUT2D eigenvalue weighted by Gasteiger charge is 2.48. The lowest BCUT2D eigenvalue weighted by Crippen LogP contribution is -2.57. The van der Waals surface area contributed by atoms with E-state index in [1.54, 1.807) is 24.4 Å². The number of halogens is 1. The number of hydrogen-bond acceptors (Lipinski definition) is 11. The number of aromatic nitrogens is 2. The smallest absolute Gasteiger partial charge is 0.293 e. The summed E-state index contributed by atoms with van der Waals surface area (Å²) >= 11 is 6.19. The Hall–Kier alpha value is -5.48. The first-order chi connectivity index (χ1) is 29.5. The third-order valence-corrected chi connectivity index (χ3v) is 14.1. The van der Waals surface area contributed by atoms with Gasteiger partial charge < -0.3 is 24.7 Å². The number of sulfonamides is 1. The van der Waals surface area contributed by atoms with Crippen molar-refractivity contribution in [1.29, 1.82) is 0 Å². The number of H-pyrrole nitrogens is 1. The molecule has 4 aliphatic rings. The lowest BCUT2D eigenvalue weighted by Gasteiger charge is -2.49. The maximum Gasteiger partial charge on any atom is 0.293 e. The van der Waals surface area contributed by atoms with Crippen LogP contribution in [0, 0.1) is 21.4 Å². The first-order valence-electron chi connectivity index (χ1n) is 20.9. The highest BCUT2D eigenvalue weighted by atomic mass is 35.5. The number of nitro benzene ring substituents is 1. The molecule has 5 aromatic rings. The van der Waals surface area contributed by atoms with Gasteiger partial charge in [-0.3, -0.25) is 19.8 Å². The fourth-order valence-electron chi connectivity index (χ4n) is 9.34. The summed E-state index contributed by atoms with van der Waals surface area (Å²) in [5, 5.41) is 16.7. The van der Waals surface area contributed by atoms with Gasteiger partial charge >= 0.3 is 0 Å². The quantitative estimate of drug-likeness (QED) is 0.0764. The van der Waals surface area contributed by atoms with Crippen molar-refractivity contribution >= 4 is 61.2 Å². The molecule has 1 amide bonds. The number of nitrogens with one attached hydrogen (secondary N) is 3. The topological polar surface area (TPSA) is 172 Å². The van der Waals surface area contributed by atoms with E-state index in [-0.39, 0.29) is 29.8 Å². The van der Waals surface area contributed by atoms with Crippen LogP contribution in [0.2, 0.25) is 5.02 Å². The zero-order valence-corrected chi connectivity index (χ0v) is 35.3. The third-order valence-electron chi connectivity index (χ3n) is 12.5. The number of allylic oxidation sites excluding steroid dienone is 1. The molecule has 14 nitrogen and oxygen atoms in total. The predicted octanol–water partition coefficient (Wildman–Crippen LogP) is 8.66. The number of carbonyl (C=O) groups excluding carboxylic acids is 1. The summed E-state index contributed by atoms with van der Waals surface area (Å²) in [5.74, 6) is -0.151. The number of fused-ring (bicyclic) bond motifs is 1. The summed E-state index contributed by atoms with van der Waals surface area (Å²) in [6, 6.07) is 20.6. The van der Waals surface area contributed by atoms with Crippen molar-refractivity contribution in [2.24, 2.45) is 11.3 Å². The number of benzene rings is 3. The van der Waals surface area contributed by atoms with E-state index in [9.17, 15) is 23.3 Å². The van der Waals surface area contributed by atoms with Crippen molar-refractivity contribution < 1.29 is 29.0 Å². The van der Waals surface area contributed by atoms with Gasteiger partial charge in [0.1, 0.15) is 22.8 Å². The number of likely N-dealkylation sites (tertiary alicyclic amines) is 1. The highest BCUT2D eigenvalue weighted by Crippen LogP contribution is 2.44. The number of ether oxygens (including phenoxy) is 2. The summed E-state index contributed by atoms with van der Waals surface area (Å²) < 4.78 is 41.2. The maximum absolute atomic E-state index is 13.9. The van der Waals surface area contributed by atoms with Crippen LogP contribution >= 0.6 is 11.6 Å². The lowest BCUT2D eigenvalue weighted by molar-refractivity contribution is -0.384. The van der Waals surface area contributed by atoms with Crippen molar-refractivity contribution in [2.45, 2.75) is 49.8 Å². The largest absolute Gasteiger partial charge is 0.455 e. The summed E-state index contributed by atoms with van der Waals surface area (Å²) in [6.45, 7) is 6.36. The second-order valence-electron chi connectivity index (χ2n) is 16.8. The molecule has 1 aliphatic carbocycles. The predicted molar refractivity (Wildman–Crippen MR) is 237 cm³/mol. The molecule has 0 radical (unpaired) electrons. The van der Waals surface area contributed by atoms with Crippen LogP contribution in [0.4, 0.5) is 17.1 Å². The number of rotatable bonds is 13. The Labute approximate surface area is 361 Å². The molecular formula is C45H50ClN7O7S. The fraction of sp³-hybridized carbons (Fsp3) is 0.378. The Morgan fingerprint density at radius 3 is 2.64 bits per heavy atom. The summed E-state index contributed by atoms with van der Waals surface area (Å²) in [7, 11) is -4.54. The molecule has 2 aromatic heterocycles. The Bertz CT molecular complexity index is 2610. The monoisotopic (exact) mass is 867 g/mol. The number of amides is 1. The molecule has 0 saturated carbocycles. The summed E-state index contributed by atoms with van der Waals surface area (Å²) in [6.07, 6.45) is 10.6. The molecule has 0 atom stereocenters. The van der Waals surface area contributed by atoms with Gasteiger partial charge in [0.2, 0.25) is 0 Å². The minimum Gasteiger partial charge on any atom is -0.455 e. The van der Waals surface area contributed by atoms with Crippen molar-refractivity contribution in [3.63, 3.8) is 0 Å². The van der Waals surface area contributed by atoms with Gasteiger partial charge in [-0.2, -0.15) is 0 Å². The van der Waals surface area contributed by atoms with Gasteiger partial charge in [-0.15, -0.1) is 0 Å². The highest BCUT2D eigenvalue weighted by molar-refractivity contribution is 7.90. The molecule has 16 heteroatoms. The Morgan fingerprint density at radius 1 is 1.03 bits per heavy atom.